The van der Waals surface area contributed by atoms with Gasteiger partial charge in [0.05, 0.1) is 18.9 Å². The maximum atomic E-state index is 11.2. The molecule has 0 fully saturated rings. The van der Waals surface area contributed by atoms with E-state index in [1.807, 2.05) is 18.2 Å². The zero-order valence-corrected chi connectivity index (χ0v) is 11.1. The van der Waals surface area contributed by atoms with Crippen LogP contribution in [0, 0.1) is 0 Å². The van der Waals surface area contributed by atoms with Crippen LogP contribution in [-0.4, -0.2) is 21.3 Å². The first kappa shape index (κ1) is 11.9. The Bertz CT molecular complexity index is 501. The Morgan fingerprint density at radius 3 is 2.94 bits per heavy atom. The number of halogens is 1. The lowest BCUT2D eigenvalue weighted by atomic mass is 10.0. The fourth-order valence-corrected chi connectivity index (χ4v) is 2.89. The summed E-state index contributed by atoms with van der Waals surface area (Å²) in [6, 6.07) is 5.41. The van der Waals surface area contributed by atoms with Gasteiger partial charge in [-0.25, -0.2) is 13.1 Å². The van der Waals surface area contributed by atoms with E-state index in [4.69, 9.17) is 4.74 Å². The summed E-state index contributed by atoms with van der Waals surface area (Å²) < 4.78 is 31.5. The number of fused-ring (bicyclic) bond motifs is 1. The molecule has 1 N–H and O–H groups in total. The van der Waals surface area contributed by atoms with E-state index >= 15 is 0 Å². The van der Waals surface area contributed by atoms with E-state index in [1.54, 1.807) is 0 Å². The first-order chi connectivity index (χ1) is 7.46. The summed E-state index contributed by atoms with van der Waals surface area (Å²) in [6.45, 7) is 0.530. The molecule has 0 saturated carbocycles. The van der Waals surface area contributed by atoms with Crippen molar-refractivity contribution in [2.75, 3.05) is 12.9 Å². The van der Waals surface area contributed by atoms with Crippen LogP contribution >= 0.6 is 15.9 Å². The normalized spacial score (nSPS) is 20.0. The molecule has 6 heteroatoms. The second kappa shape index (κ2) is 4.35. The minimum Gasteiger partial charge on any atom is -0.493 e. The predicted molar refractivity (Wildman–Crippen MR) is 65.0 cm³/mol. The van der Waals surface area contributed by atoms with Crippen molar-refractivity contribution in [2.24, 2.45) is 0 Å². The average Bonchev–Trinajstić information content (AvgIpc) is 2.17. The van der Waals surface area contributed by atoms with Gasteiger partial charge in [0.15, 0.2) is 0 Å². The van der Waals surface area contributed by atoms with E-state index in [-0.39, 0.29) is 6.04 Å². The highest BCUT2D eigenvalue weighted by molar-refractivity contribution is 9.10. The molecule has 1 heterocycles. The molecule has 0 aliphatic carbocycles. The lowest BCUT2D eigenvalue weighted by Gasteiger charge is -2.26. The number of rotatable bonds is 2. The molecule has 88 valence electrons. The molecular formula is C10H12BrNO3S. The first-order valence-electron chi connectivity index (χ1n) is 4.85. The molecule has 1 aromatic carbocycles. The fraction of sp³-hybridized carbons (Fsp3) is 0.400. The van der Waals surface area contributed by atoms with E-state index < -0.39 is 10.0 Å². The Labute approximate surface area is 103 Å². The van der Waals surface area contributed by atoms with Gasteiger partial charge in [0.25, 0.3) is 0 Å². The van der Waals surface area contributed by atoms with Crippen LogP contribution in [0.5, 0.6) is 5.75 Å². The van der Waals surface area contributed by atoms with Crippen LogP contribution < -0.4 is 9.46 Å². The molecular weight excluding hydrogens is 294 g/mol. The van der Waals surface area contributed by atoms with Gasteiger partial charge in [0, 0.05) is 16.5 Å². The quantitative estimate of drug-likeness (QED) is 0.907. The Balaban J connectivity index is 2.35. The zero-order valence-electron chi connectivity index (χ0n) is 8.73. The van der Waals surface area contributed by atoms with Gasteiger partial charge >= 0.3 is 0 Å². The molecule has 4 nitrogen and oxygen atoms in total. The van der Waals surface area contributed by atoms with Crippen LogP contribution in [0.4, 0.5) is 0 Å². The van der Waals surface area contributed by atoms with Gasteiger partial charge in [0.1, 0.15) is 5.75 Å². The zero-order chi connectivity index (χ0) is 11.8. The largest absolute Gasteiger partial charge is 0.493 e. The second-order valence-electron chi connectivity index (χ2n) is 3.76. The molecule has 1 unspecified atom stereocenters. The first-order valence-corrected chi connectivity index (χ1v) is 7.54. The second-order valence-corrected chi connectivity index (χ2v) is 6.46. The van der Waals surface area contributed by atoms with E-state index in [2.05, 4.69) is 20.7 Å². The molecule has 0 aromatic heterocycles. The monoisotopic (exact) mass is 305 g/mol. The summed E-state index contributed by atoms with van der Waals surface area (Å²) in [5.41, 5.74) is 0.881. The maximum Gasteiger partial charge on any atom is 0.209 e. The smallest absolute Gasteiger partial charge is 0.209 e. The number of ether oxygens (including phenoxy) is 1. The molecule has 1 aliphatic heterocycles. The van der Waals surface area contributed by atoms with Crippen LogP contribution in [0.15, 0.2) is 22.7 Å². The predicted octanol–water partition coefficient (Wildman–Crippen LogP) is 1.82. The third-order valence-corrected chi connectivity index (χ3v) is 3.57. The summed E-state index contributed by atoms with van der Waals surface area (Å²) in [7, 11) is -3.20. The van der Waals surface area contributed by atoms with Crippen LogP contribution in [0.2, 0.25) is 0 Å². The molecule has 1 aromatic rings. The number of hydrogen-bond acceptors (Lipinski definition) is 3. The summed E-state index contributed by atoms with van der Waals surface area (Å²) in [6.07, 6.45) is 1.82. The SMILES string of the molecule is CS(=O)(=O)NC1CCOc2ccc(Br)cc21. The summed E-state index contributed by atoms with van der Waals surface area (Å²) in [5, 5.41) is 0. The summed E-state index contributed by atoms with van der Waals surface area (Å²) >= 11 is 3.36. The Hall–Kier alpha value is -0.590. The number of nitrogens with one attached hydrogen (secondary N) is 1. The number of benzene rings is 1. The van der Waals surface area contributed by atoms with Gasteiger partial charge in [-0.05, 0) is 18.2 Å². The van der Waals surface area contributed by atoms with E-state index in [0.29, 0.717) is 13.0 Å². The molecule has 0 amide bonds. The highest BCUT2D eigenvalue weighted by Crippen LogP contribution is 2.34. The molecule has 0 spiro atoms. The maximum absolute atomic E-state index is 11.2. The Kier molecular flexibility index (Phi) is 3.23. The molecule has 0 bridgehead atoms. The van der Waals surface area contributed by atoms with Gasteiger partial charge in [-0.3, -0.25) is 0 Å². The van der Waals surface area contributed by atoms with Crippen molar-refractivity contribution < 1.29 is 13.2 Å². The molecule has 16 heavy (non-hydrogen) atoms. The third-order valence-electron chi connectivity index (χ3n) is 2.37. The van der Waals surface area contributed by atoms with Gasteiger partial charge in [-0.15, -0.1) is 0 Å². The molecule has 2 rings (SSSR count). The highest BCUT2D eigenvalue weighted by atomic mass is 79.9. The minimum atomic E-state index is -3.20. The highest BCUT2D eigenvalue weighted by Gasteiger charge is 2.24. The minimum absolute atomic E-state index is 0.198. The van der Waals surface area contributed by atoms with Crippen molar-refractivity contribution in [1.82, 2.24) is 4.72 Å². The standard InChI is InChI=1S/C10H12BrNO3S/c1-16(13,14)12-9-4-5-15-10-3-2-7(11)6-8(9)10/h2-3,6,9,12H,4-5H2,1H3. The van der Waals surface area contributed by atoms with Crippen LogP contribution in [0.25, 0.3) is 0 Å². The van der Waals surface area contributed by atoms with Crippen molar-refractivity contribution in [3.05, 3.63) is 28.2 Å². The fourth-order valence-electron chi connectivity index (χ4n) is 1.75. The van der Waals surface area contributed by atoms with E-state index in [9.17, 15) is 8.42 Å². The average molecular weight is 306 g/mol. The number of sulfonamides is 1. The molecule has 1 aliphatic rings. The molecule has 1 atom stereocenters. The van der Waals surface area contributed by atoms with Crippen molar-refractivity contribution in [2.45, 2.75) is 12.5 Å². The summed E-state index contributed by atoms with van der Waals surface area (Å²) in [5.74, 6) is 0.746. The topological polar surface area (TPSA) is 55.4 Å². The lowest BCUT2D eigenvalue weighted by molar-refractivity contribution is 0.263. The summed E-state index contributed by atoms with van der Waals surface area (Å²) in [4.78, 5) is 0. The Morgan fingerprint density at radius 1 is 1.50 bits per heavy atom. The van der Waals surface area contributed by atoms with Crippen LogP contribution in [0.3, 0.4) is 0 Å². The molecule has 0 saturated heterocycles. The number of hydrogen-bond donors (Lipinski definition) is 1. The van der Waals surface area contributed by atoms with Gasteiger partial charge in [-0.2, -0.15) is 0 Å². The Morgan fingerprint density at radius 2 is 2.25 bits per heavy atom. The third kappa shape index (κ3) is 2.75. The van der Waals surface area contributed by atoms with Gasteiger partial charge in [0.2, 0.25) is 10.0 Å². The van der Waals surface area contributed by atoms with E-state index in [1.165, 1.54) is 6.26 Å². The van der Waals surface area contributed by atoms with Gasteiger partial charge in [-0.1, -0.05) is 15.9 Å². The van der Waals surface area contributed by atoms with Crippen molar-refractivity contribution >= 4 is 26.0 Å². The van der Waals surface area contributed by atoms with Crippen molar-refractivity contribution in [3.8, 4) is 5.75 Å². The lowest BCUT2D eigenvalue weighted by Crippen LogP contribution is -2.31. The molecule has 0 radical (unpaired) electrons. The van der Waals surface area contributed by atoms with Crippen molar-refractivity contribution in [3.63, 3.8) is 0 Å². The van der Waals surface area contributed by atoms with Crippen LogP contribution in [-0.2, 0) is 10.0 Å². The van der Waals surface area contributed by atoms with Gasteiger partial charge < -0.3 is 4.74 Å². The van der Waals surface area contributed by atoms with Crippen molar-refractivity contribution in [1.29, 1.82) is 0 Å². The van der Waals surface area contributed by atoms with Crippen LogP contribution in [0.1, 0.15) is 18.0 Å². The van der Waals surface area contributed by atoms with E-state index in [0.717, 1.165) is 15.8 Å².